The number of benzene rings is 2. The molecule has 0 unspecified atom stereocenters. The van der Waals surface area contributed by atoms with E-state index < -0.39 is 0 Å². The summed E-state index contributed by atoms with van der Waals surface area (Å²) < 4.78 is 19.1. The summed E-state index contributed by atoms with van der Waals surface area (Å²) in [4.78, 5) is 0. The van der Waals surface area contributed by atoms with Gasteiger partial charge in [-0.1, -0.05) is 50.1 Å². The normalized spacial score (nSPS) is 14.5. The molecule has 1 heterocycles. The third kappa shape index (κ3) is 3.97. The molecule has 1 N–H and O–H groups in total. The van der Waals surface area contributed by atoms with Crippen LogP contribution in [0.4, 0.5) is 4.39 Å². The summed E-state index contributed by atoms with van der Waals surface area (Å²) in [6.07, 6.45) is 4.97. The van der Waals surface area contributed by atoms with Crippen LogP contribution in [0.3, 0.4) is 0 Å². The minimum Gasteiger partial charge on any atom is -0.347 e. The summed E-state index contributed by atoms with van der Waals surface area (Å²) in [6.45, 7) is 6.38. The van der Waals surface area contributed by atoms with E-state index in [2.05, 4.69) is 47.5 Å². The van der Waals surface area contributed by atoms with Gasteiger partial charge in [0, 0.05) is 35.4 Å². The van der Waals surface area contributed by atoms with E-state index in [-0.39, 0.29) is 5.82 Å². The van der Waals surface area contributed by atoms with Crippen LogP contribution in [0, 0.1) is 11.7 Å². The van der Waals surface area contributed by atoms with Crippen molar-refractivity contribution in [2.75, 3.05) is 0 Å². The number of hydrogen-bond acceptors (Lipinski definition) is 2. The Kier molecular flexibility index (Phi) is 5.05. The molecule has 1 aliphatic carbocycles. The maximum Gasteiger partial charge on any atom is 0.123 e. The Hall–Kier alpha value is -1.78. The Morgan fingerprint density at radius 3 is 2.54 bits per heavy atom. The molecule has 136 valence electrons. The highest BCUT2D eigenvalue weighted by atomic mass is 32.2. The Morgan fingerprint density at radius 1 is 1.12 bits per heavy atom. The number of nitrogens with zero attached hydrogens (tertiary/aromatic N) is 1. The lowest BCUT2D eigenvalue weighted by Gasteiger charge is -2.09. The molecule has 1 fully saturated rings. The highest BCUT2D eigenvalue weighted by Crippen LogP contribution is 2.33. The van der Waals surface area contributed by atoms with Crippen molar-refractivity contribution in [1.29, 1.82) is 0 Å². The zero-order valence-electron chi connectivity index (χ0n) is 15.3. The molecule has 2 aromatic carbocycles. The standard InChI is InChI=1S/C22H25FN2S/c1-15(2)13-25-14-18(12-24-26-20-8-9-20)21-10-5-17(11-22(21)25)16-3-6-19(23)7-4-16/h3-7,10-11,14-15,20,24H,8-9,12-13H2,1-2H3. The fourth-order valence-corrected chi connectivity index (χ4v) is 4.14. The minimum absolute atomic E-state index is 0.195. The van der Waals surface area contributed by atoms with Gasteiger partial charge in [-0.3, -0.25) is 4.72 Å². The van der Waals surface area contributed by atoms with E-state index in [4.69, 9.17) is 0 Å². The van der Waals surface area contributed by atoms with Crippen LogP contribution in [0.15, 0.2) is 48.7 Å². The molecule has 0 saturated heterocycles. The summed E-state index contributed by atoms with van der Waals surface area (Å²) in [7, 11) is 0. The first-order valence-electron chi connectivity index (χ1n) is 9.36. The van der Waals surface area contributed by atoms with Crippen molar-refractivity contribution in [3.05, 3.63) is 60.0 Å². The Morgan fingerprint density at radius 2 is 1.85 bits per heavy atom. The predicted octanol–water partition coefficient (Wildman–Crippen LogP) is 6.00. The molecule has 0 radical (unpaired) electrons. The van der Waals surface area contributed by atoms with Gasteiger partial charge in [-0.25, -0.2) is 4.39 Å². The van der Waals surface area contributed by atoms with Gasteiger partial charge < -0.3 is 4.57 Å². The first-order chi connectivity index (χ1) is 12.6. The molecule has 26 heavy (non-hydrogen) atoms. The van der Waals surface area contributed by atoms with Crippen LogP contribution in [-0.4, -0.2) is 9.82 Å². The van der Waals surface area contributed by atoms with Gasteiger partial charge in [0.1, 0.15) is 5.82 Å². The van der Waals surface area contributed by atoms with Crippen molar-refractivity contribution >= 4 is 22.9 Å². The molecule has 1 aliphatic rings. The van der Waals surface area contributed by atoms with Gasteiger partial charge in [-0.15, -0.1) is 0 Å². The smallest absolute Gasteiger partial charge is 0.123 e. The lowest BCUT2D eigenvalue weighted by Crippen LogP contribution is -2.05. The van der Waals surface area contributed by atoms with E-state index in [1.54, 1.807) is 0 Å². The molecule has 0 atom stereocenters. The van der Waals surface area contributed by atoms with Crippen molar-refractivity contribution < 1.29 is 4.39 Å². The zero-order chi connectivity index (χ0) is 18.1. The largest absolute Gasteiger partial charge is 0.347 e. The Balaban J connectivity index is 1.68. The number of fused-ring (bicyclic) bond motifs is 1. The van der Waals surface area contributed by atoms with Crippen LogP contribution >= 0.6 is 11.9 Å². The number of aromatic nitrogens is 1. The highest BCUT2D eigenvalue weighted by molar-refractivity contribution is 7.98. The third-order valence-electron chi connectivity index (χ3n) is 4.74. The molecule has 3 aromatic rings. The summed E-state index contributed by atoms with van der Waals surface area (Å²) in [5.41, 5.74) is 4.79. The summed E-state index contributed by atoms with van der Waals surface area (Å²) in [6, 6.07) is 13.3. The van der Waals surface area contributed by atoms with Gasteiger partial charge in [0.15, 0.2) is 0 Å². The summed E-state index contributed by atoms with van der Waals surface area (Å²) in [5.74, 6) is 0.390. The van der Waals surface area contributed by atoms with Gasteiger partial charge in [0.2, 0.25) is 0 Å². The van der Waals surface area contributed by atoms with Crippen molar-refractivity contribution in [3.63, 3.8) is 0 Å². The van der Waals surface area contributed by atoms with E-state index in [0.717, 1.165) is 29.5 Å². The van der Waals surface area contributed by atoms with Crippen LogP contribution in [0.5, 0.6) is 0 Å². The van der Waals surface area contributed by atoms with Gasteiger partial charge in [0.05, 0.1) is 0 Å². The highest BCUT2D eigenvalue weighted by Gasteiger charge is 2.22. The topological polar surface area (TPSA) is 17.0 Å². The molecule has 2 nitrogen and oxygen atoms in total. The molecule has 0 spiro atoms. The van der Waals surface area contributed by atoms with Crippen LogP contribution in [-0.2, 0) is 13.1 Å². The maximum absolute atomic E-state index is 13.2. The van der Waals surface area contributed by atoms with Gasteiger partial charge in [-0.05, 0) is 53.6 Å². The number of nitrogens with one attached hydrogen (secondary N) is 1. The van der Waals surface area contributed by atoms with E-state index in [1.165, 1.54) is 41.4 Å². The quantitative estimate of drug-likeness (QED) is 0.515. The molecule has 4 rings (SSSR count). The molecule has 0 aliphatic heterocycles. The molecular weight excluding hydrogens is 343 g/mol. The molecule has 1 aromatic heterocycles. The first kappa shape index (κ1) is 17.6. The second-order valence-corrected chi connectivity index (χ2v) is 8.77. The number of hydrogen-bond donors (Lipinski definition) is 1. The maximum atomic E-state index is 13.2. The van der Waals surface area contributed by atoms with Crippen LogP contribution < -0.4 is 4.72 Å². The lowest BCUT2D eigenvalue weighted by atomic mass is 10.0. The monoisotopic (exact) mass is 368 g/mol. The second-order valence-electron chi connectivity index (χ2n) is 7.58. The molecule has 0 amide bonds. The van der Waals surface area contributed by atoms with Crippen LogP contribution in [0.25, 0.3) is 22.0 Å². The van der Waals surface area contributed by atoms with Gasteiger partial charge >= 0.3 is 0 Å². The lowest BCUT2D eigenvalue weighted by molar-refractivity contribution is 0.534. The number of rotatable bonds is 7. The second kappa shape index (κ2) is 7.45. The third-order valence-corrected chi connectivity index (χ3v) is 5.86. The SMILES string of the molecule is CC(C)Cn1cc(CNSC2CC2)c2ccc(-c3ccc(F)cc3)cc21. The fourth-order valence-electron chi connectivity index (χ4n) is 3.30. The van der Waals surface area contributed by atoms with Crippen molar-refractivity contribution in [1.82, 2.24) is 9.29 Å². The van der Waals surface area contributed by atoms with Crippen molar-refractivity contribution in [2.45, 2.75) is 45.0 Å². The van der Waals surface area contributed by atoms with Crippen molar-refractivity contribution in [2.24, 2.45) is 5.92 Å². The van der Waals surface area contributed by atoms with Crippen molar-refractivity contribution in [3.8, 4) is 11.1 Å². The van der Waals surface area contributed by atoms with Crippen LogP contribution in [0.1, 0.15) is 32.3 Å². The first-order valence-corrected chi connectivity index (χ1v) is 10.2. The summed E-state index contributed by atoms with van der Waals surface area (Å²) >= 11 is 1.88. The van der Waals surface area contributed by atoms with E-state index >= 15 is 0 Å². The van der Waals surface area contributed by atoms with Gasteiger partial charge in [0.25, 0.3) is 0 Å². The minimum atomic E-state index is -0.195. The van der Waals surface area contributed by atoms with Crippen LogP contribution in [0.2, 0.25) is 0 Å². The van der Waals surface area contributed by atoms with E-state index in [9.17, 15) is 4.39 Å². The van der Waals surface area contributed by atoms with E-state index in [0.29, 0.717) is 5.92 Å². The number of halogens is 1. The molecule has 0 bridgehead atoms. The average Bonchev–Trinajstić information content (AvgIpc) is 3.38. The Bertz CT molecular complexity index is 894. The predicted molar refractivity (Wildman–Crippen MR) is 110 cm³/mol. The van der Waals surface area contributed by atoms with E-state index in [1.807, 2.05) is 24.1 Å². The molecule has 4 heteroatoms. The fraction of sp³-hybridized carbons (Fsp3) is 0.364. The molecule has 1 saturated carbocycles. The average molecular weight is 369 g/mol. The Labute approximate surface area is 158 Å². The summed E-state index contributed by atoms with van der Waals surface area (Å²) in [5, 5.41) is 2.12. The molecular formula is C22H25FN2S. The van der Waals surface area contributed by atoms with Gasteiger partial charge in [-0.2, -0.15) is 0 Å². The zero-order valence-corrected chi connectivity index (χ0v) is 16.2.